The number of hydrogen-bond acceptors (Lipinski definition) is 2. The van der Waals surface area contributed by atoms with Crippen molar-refractivity contribution in [3.8, 4) is 0 Å². The van der Waals surface area contributed by atoms with Gasteiger partial charge >= 0.3 is 0 Å². The maximum absolute atomic E-state index is 13.2. The zero-order valence-electron chi connectivity index (χ0n) is 13.8. The number of halogens is 1. The Kier molecular flexibility index (Phi) is 4.95. The molecule has 2 aromatic carbocycles. The van der Waals surface area contributed by atoms with Crippen LogP contribution in [-0.4, -0.2) is 29.0 Å². The molecule has 1 aliphatic heterocycles. The first kappa shape index (κ1) is 16.7. The fourth-order valence-corrected chi connectivity index (χ4v) is 3.41. The number of rotatable bonds is 4. The summed E-state index contributed by atoms with van der Waals surface area (Å²) in [6.45, 7) is 3.27. The molecule has 0 spiro atoms. The lowest BCUT2D eigenvalue weighted by Crippen LogP contribution is -2.29. The minimum Gasteiger partial charge on any atom is -0.392 e. The molecule has 1 aliphatic rings. The van der Waals surface area contributed by atoms with Crippen LogP contribution in [0.4, 0.5) is 4.39 Å². The van der Waals surface area contributed by atoms with Crippen LogP contribution in [0, 0.1) is 18.7 Å². The third kappa shape index (κ3) is 3.65. The van der Waals surface area contributed by atoms with Gasteiger partial charge in [0.1, 0.15) is 5.82 Å². The first-order valence-corrected chi connectivity index (χ1v) is 8.31. The molecule has 4 heteroatoms. The van der Waals surface area contributed by atoms with Crippen molar-refractivity contribution in [2.45, 2.75) is 26.4 Å². The Morgan fingerprint density at radius 3 is 2.79 bits per heavy atom. The van der Waals surface area contributed by atoms with E-state index in [2.05, 4.69) is 6.07 Å². The fourth-order valence-electron chi connectivity index (χ4n) is 3.41. The van der Waals surface area contributed by atoms with E-state index in [0.717, 1.165) is 31.5 Å². The number of benzene rings is 2. The largest absolute Gasteiger partial charge is 0.392 e. The smallest absolute Gasteiger partial charge is 0.254 e. The summed E-state index contributed by atoms with van der Waals surface area (Å²) in [6.07, 6.45) is 1.87. The van der Waals surface area contributed by atoms with Crippen molar-refractivity contribution in [3.63, 3.8) is 0 Å². The molecule has 0 radical (unpaired) electrons. The molecule has 0 unspecified atom stereocenters. The predicted octanol–water partition coefficient (Wildman–Crippen LogP) is 3.33. The van der Waals surface area contributed by atoms with E-state index in [9.17, 15) is 14.3 Å². The van der Waals surface area contributed by atoms with Gasteiger partial charge in [-0.15, -0.1) is 0 Å². The van der Waals surface area contributed by atoms with Crippen LogP contribution in [0.15, 0.2) is 42.5 Å². The average Bonchev–Trinajstić information content (AvgIpc) is 3.03. The van der Waals surface area contributed by atoms with E-state index in [1.165, 1.54) is 17.7 Å². The summed E-state index contributed by atoms with van der Waals surface area (Å²) in [5.41, 5.74) is 3.37. The van der Waals surface area contributed by atoms with Crippen LogP contribution in [0.25, 0.3) is 0 Å². The normalized spacial score (nSPS) is 17.3. The number of amides is 1. The summed E-state index contributed by atoms with van der Waals surface area (Å²) in [5.74, 6) is 0.0925. The van der Waals surface area contributed by atoms with Crippen LogP contribution < -0.4 is 0 Å². The van der Waals surface area contributed by atoms with Crippen LogP contribution in [0.3, 0.4) is 0 Å². The first-order valence-electron chi connectivity index (χ1n) is 8.31. The van der Waals surface area contributed by atoms with Crippen LogP contribution in [0.1, 0.15) is 33.5 Å². The van der Waals surface area contributed by atoms with E-state index in [4.69, 9.17) is 0 Å². The van der Waals surface area contributed by atoms with Gasteiger partial charge < -0.3 is 10.0 Å². The van der Waals surface area contributed by atoms with E-state index in [0.29, 0.717) is 17.0 Å². The van der Waals surface area contributed by atoms with Gasteiger partial charge in [0.2, 0.25) is 0 Å². The number of aliphatic hydroxyl groups excluding tert-OH is 1. The highest BCUT2D eigenvalue weighted by Crippen LogP contribution is 2.24. The maximum atomic E-state index is 13.2. The monoisotopic (exact) mass is 327 g/mol. The predicted molar refractivity (Wildman–Crippen MR) is 91.2 cm³/mol. The Bertz CT molecular complexity index is 744. The molecule has 3 rings (SSSR count). The third-order valence-electron chi connectivity index (χ3n) is 4.69. The van der Waals surface area contributed by atoms with Crippen LogP contribution >= 0.6 is 0 Å². The molecule has 0 saturated carbocycles. The molecule has 0 aromatic heterocycles. The molecular formula is C20H22FNO2. The lowest BCUT2D eigenvalue weighted by Gasteiger charge is -2.18. The second kappa shape index (κ2) is 7.14. The zero-order valence-corrected chi connectivity index (χ0v) is 13.8. The molecule has 1 heterocycles. The Balaban J connectivity index is 1.65. The van der Waals surface area contributed by atoms with Gasteiger partial charge in [-0.2, -0.15) is 0 Å². The van der Waals surface area contributed by atoms with Gasteiger partial charge in [-0.1, -0.05) is 24.3 Å². The number of nitrogens with zero attached hydrogens (tertiary/aromatic N) is 1. The average molecular weight is 327 g/mol. The molecule has 1 amide bonds. The summed E-state index contributed by atoms with van der Waals surface area (Å²) >= 11 is 0. The molecular weight excluding hydrogens is 305 g/mol. The fraction of sp³-hybridized carbons (Fsp3) is 0.350. The minimum atomic E-state index is -0.313. The van der Waals surface area contributed by atoms with Crippen molar-refractivity contribution in [1.82, 2.24) is 4.90 Å². The standard InChI is InChI=1S/C20H22FNO2/c1-14-9-18(21)5-6-19(14)20(24)22-8-7-16(12-22)10-15-3-2-4-17(11-15)13-23/h2-6,9,11,16,23H,7-8,10,12-13H2,1H3/t16-/m1/s1. The molecule has 24 heavy (non-hydrogen) atoms. The van der Waals surface area contributed by atoms with Crippen molar-refractivity contribution in [1.29, 1.82) is 0 Å². The van der Waals surface area contributed by atoms with Gasteiger partial charge in [0.15, 0.2) is 0 Å². The quantitative estimate of drug-likeness (QED) is 0.936. The van der Waals surface area contributed by atoms with Crippen molar-refractivity contribution in [2.75, 3.05) is 13.1 Å². The van der Waals surface area contributed by atoms with Crippen LogP contribution in [-0.2, 0) is 13.0 Å². The Hall–Kier alpha value is -2.20. The van der Waals surface area contributed by atoms with Crippen molar-refractivity contribution in [2.24, 2.45) is 5.92 Å². The first-order chi connectivity index (χ1) is 11.6. The molecule has 126 valence electrons. The molecule has 1 saturated heterocycles. The third-order valence-corrected chi connectivity index (χ3v) is 4.69. The second-order valence-electron chi connectivity index (χ2n) is 6.55. The highest BCUT2D eigenvalue weighted by molar-refractivity contribution is 5.95. The van der Waals surface area contributed by atoms with Crippen molar-refractivity contribution in [3.05, 3.63) is 70.5 Å². The number of aryl methyl sites for hydroxylation is 1. The maximum Gasteiger partial charge on any atom is 0.254 e. The van der Waals surface area contributed by atoms with Gasteiger partial charge in [-0.25, -0.2) is 4.39 Å². The number of hydrogen-bond donors (Lipinski definition) is 1. The number of carbonyl (C=O) groups is 1. The van der Waals surface area contributed by atoms with E-state index < -0.39 is 0 Å². The number of carbonyl (C=O) groups excluding carboxylic acids is 1. The van der Waals surface area contributed by atoms with Gasteiger partial charge in [0.25, 0.3) is 5.91 Å². The van der Waals surface area contributed by atoms with Gasteiger partial charge in [0, 0.05) is 18.7 Å². The molecule has 2 aromatic rings. The highest BCUT2D eigenvalue weighted by atomic mass is 19.1. The minimum absolute atomic E-state index is 0.0147. The van der Waals surface area contributed by atoms with E-state index in [1.807, 2.05) is 23.1 Å². The Morgan fingerprint density at radius 2 is 2.04 bits per heavy atom. The Labute approximate surface area is 141 Å². The summed E-state index contributed by atoms with van der Waals surface area (Å²) in [7, 11) is 0. The summed E-state index contributed by atoms with van der Waals surface area (Å²) in [4.78, 5) is 14.5. The highest BCUT2D eigenvalue weighted by Gasteiger charge is 2.27. The van der Waals surface area contributed by atoms with Gasteiger partial charge in [-0.05, 0) is 60.6 Å². The van der Waals surface area contributed by atoms with E-state index in [-0.39, 0.29) is 18.3 Å². The van der Waals surface area contributed by atoms with Crippen molar-refractivity contribution < 1.29 is 14.3 Å². The summed E-state index contributed by atoms with van der Waals surface area (Å²) in [6, 6.07) is 12.3. The lowest BCUT2D eigenvalue weighted by atomic mass is 9.97. The van der Waals surface area contributed by atoms with Gasteiger partial charge in [-0.3, -0.25) is 4.79 Å². The number of aliphatic hydroxyl groups is 1. The van der Waals surface area contributed by atoms with Crippen molar-refractivity contribution >= 4 is 5.91 Å². The topological polar surface area (TPSA) is 40.5 Å². The van der Waals surface area contributed by atoms with E-state index >= 15 is 0 Å². The molecule has 3 nitrogen and oxygen atoms in total. The van der Waals surface area contributed by atoms with Crippen LogP contribution in [0.2, 0.25) is 0 Å². The summed E-state index contributed by atoms with van der Waals surface area (Å²) < 4.78 is 13.2. The molecule has 0 bridgehead atoms. The Morgan fingerprint density at radius 1 is 1.25 bits per heavy atom. The molecule has 1 atom stereocenters. The molecule has 1 N–H and O–H groups in total. The van der Waals surface area contributed by atoms with E-state index in [1.54, 1.807) is 13.0 Å². The molecule has 0 aliphatic carbocycles. The van der Waals surface area contributed by atoms with Gasteiger partial charge in [0.05, 0.1) is 6.61 Å². The SMILES string of the molecule is Cc1cc(F)ccc1C(=O)N1CC[C@H](Cc2cccc(CO)c2)C1. The number of likely N-dealkylation sites (tertiary alicyclic amines) is 1. The zero-order chi connectivity index (χ0) is 17.1. The second-order valence-corrected chi connectivity index (χ2v) is 6.55. The molecule has 1 fully saturated rings. The lowest BCUT2D eigenvalue weighted by molar-refractivity contribution is 0.0786. The summed E-state index contributed by atoms with van der Waals surface area (Å²) in [5, 5.41) is 9.23. The van der Waals surface area contributed by atoms with Crippen LogP contribution in [0.5, 0.6) is 0 Å².